The second kappa shape index (κ2) is 9.01. The fourth-order valence-corrected chi connectivity index (χ4v) is 5.41. The summed E-state index contributed by atoms with van der Waals surface area (Å²) in [4.78, 5) is 20.3. The molecule has 0 aromatic heterocycles. The molecule has 2 fully saturated rings. The molecule has 5 heteroatoms. The summed E-state index contributed by atoms with van der Waals surface area (Å²) in [6.45, 7) is 6.38. The van der Waals surface area contributed by atoms with Crippen LogP contribution in [0.2, 0.25) is 0 Å². The van der Waals surface area contributed by atoms with Crippen LogP contribution in [0.5, 0.6) is 0 Å². The largest absolute Gasteiger partial charge is 0.369 e. The molecule has 5 rings (SSSR count). The van der Waals surface area contributed by atoms with E-state index in [1.807, 2.05) is 12.1 Å². The predicted molar refractivity (Wildman–Crippen MR) is 126 cm³/mol. The van der Waals surface area contributed by atoms with E-state index in [4.69, 9.17) is 0 Å². The molecular weight excluding hydrogens is 384 g/mol. The molecule has 0 saturated carbocycles. The predicted octanol–water partition coefficient (Wildman–Crippen LogP) is 2.80. The first kappa shape index (κ1) is 20.5. The minimum Gasteiger partial charge on any atom is -0.369 e. The number of nitrogens with one attached hydrogen (secondary N) is 1. The molecule has 1 aliphatic carbocycles. The van der Waals surface area contributed by atoms with E-state index in [0.29, 0.717) is 6.04 Å². The second-order valence-electron chi connectivity index (χ2n) is 9.48. The van der Waals surface area contributed by atoms with Gasteiger partial charge >= 0.3 is 0 Å². The van der Waals surface area contributed by atoms with Gasteiger partial charge < -0.3 is 15.1 Å². The molecule has 1 atom stereocenters. The fourth-order valence-electron chi connectivity index (χ4n) is 5.41. The molecule has 2 saturated heterocycles. The zero-order valence-corrected chi connectivity index (χ0v) is 18.6. The maximum Gasteiger partial charge on any atom is 0.251 e. The normalized spacial score (nSPS) is 23.0. The minimum atomic E-state index is 0.0616. The van der Waals surface area contributed by atoms with Crippen molar-refractivity contribution in [2.75, 3.05) is 51.2 Å². The van der Waals surface area contributed by atoms with Crippen molar-refractivity contribution >= 4 is 11.6 Å². The Morgan fingerprint density at radius 3 is 2.26 bits per heavy atom. The Morgan fingerprint density at radius 1 is 0.903 bits per heavy atom. The highest BCUT2D eigenvalue weighted by Gasteiger charge is 2.31. The van der Waals surface area contributed by atoms with Gasteiger partial charge in [0.15, 0.2) is 0 Å². The van der Waals surface area contributed by atoms with E-state index in [-0.39, 0.29) is 11.9 Å². The number of nitrogens with zero attached hydrogens (tertiary/aromatic N) is 3. The molecule has 0 spiro atoms. The van der Waals surface area contributed by atoms with Gasteiger partial charge in [-0.2, -0.15) is 0 Å². The molecule has 164 valence electrons. The number of anilines is 1. The van der Waals surface area contributed by atoms with Crippen LogP contribution in [0.3, 0.4) is 0 Å². The molecular formula is C26H34N4O. The first-order valence-corrected chi connectivity index (χ1v) is 11.8. The molecule has 2 aromatic carbocycles. The van der Waals surface area contributed by atoms with Crippen molar-refractivity contribution < 1.29 is 4.79 Å². The van der Waals surface area contributed by atoms with Crippen molar-refractivity contribution in [3.05, 3.63) is 65.2 Å². The van der Waals surface area contributed by atoms with Crippen molar-refractivity contribution in [1.82, 2.24) is 15.1 Å². The summed E-state index contributed by atoms with van der Waals surface area (Å²) in [7, 11) is 2.17. The maximum absolute atomic E-state index is 12.9. The Bertz CT molecular complexity index is 879. The van der Waals surface area contributed by atoms with Crippen LogP contribution in [0.15, 0.2) is 48.5 Å². The monoisotopic (exact) mass is 418 g/mol. The third-order valence-electron chi connectivity index (χ3n) is 7.33. The smallest absolute Gasteiger partial charge is 0.251 e. The van der Waals surface area contributed by atoms with E-state index < -0.39 is 0 Å². The average molecular weight is 419 g/mol. The van der Waals surface area contributed by atoms with E-state index in [0.717, 1.165) is 70.5 Å². The molecule has 0 radical (unpaired) electrons. The maximum atomic E-state index is 12.9. The number of amides is 1. The highest BCUT2D eigenvalue weighted by Crippen LogP contribution is 2.27. The van der Waals surface area contributed by atoms with Gasteiger partial charge in [-0.05, 0) is 74.7 Å². The number of rotatable bonds is 4. The number of fused-ring (bicyclic) bond motifs is 1. The van der Waals surface area contributed by atoms with E-state index in [2.05, 4.69) is 63.5 Å². The SMILES string of the molecule is CN1CCN(c2ccc(C(=O)N[C@@H]3CCCN(C4Cc5ccccc5C4)C3)cc2)CC1. The quantitative estimate of drug-likeness (QED) is 0.829. The van der Waals surface area contributed by atoms with Gasteiger partial charge in [0.1, 0.15) is 0 Å². The summed E-state index contributed by atoms with van der Waals surface area (Å²) >= 11 is 0. The number of hydrogen-bond donors (Lipinski definition) is 1. The van der Waals surface area contributed by atoms with Crippen LogP contribution in [0.1, 0.15) is 34.3 Å². The topological polar surface area (TPSA) is 38.8 Å². The summed E-state index contributed by atoms with van der Waals surface area (Å²) in [6, 6.07) is 17.8. The number of carbonyl (C=O) groups excluding carboxylic acids is 1. The van der Waals surface area contributed by atoms with Gasteiger partial charge in [-0.3, -0.25) is 9.69 Å². The molecule has 2 aromatic rings. The highest BCUT2D eigenvalue weighted by molar-refractivity contribution is 5.94. The Kier molecular flexibility index (Phi) is 5.97. The average Bonchev–Trinajstić information content (AvgIpc) is 3.24. The zero-order valence-electron chi connectivity index (χ0n) is 18.6. The number of likely N-dealkylation sites (tertiary alicyclic amines) is 1. The molecule has 1 amide bonds. The van der Waals surface area contributed by atoms with Crippen molar-refractivity contribution in [1.29, 1.82) is 0 Å². The molecule has 3 aliphatic rings. The Balaban J connectivity index is 1.16. The summed E-state index contributed by atoms with van der Waals surface area (Å²) in [5, 5.41) is 3.31. The third kappa shape index (κ3) is 4.63. The lowest BCUT2D eigenvalue weighted by Gasteiger charge is -2.37. The first-order chi connectivity index (χ1) is 15.2. The van der Waals surface area contributed by atoms with Crippen LogP contribution >= 0.6 is 0 Å². The number of hydrogen-bond acceptors (Lipinski definition) is 4. The molecule has 2 aliphatic heterocycles. The number of carbonyl (C=O) groups is 1. The van der Waals surface area contributed by atoms with Crippen LogP contribution in [0.25, 0.3) is 0 Å². The number of piperidine rings is 1. The van der Waals surface area contributed by atoms with Crippen LogP contribution in [-0.4, -0.2) is 74.1 Å². The van der Waals surface area contributed by atoms with Crippen molar-refractivity contribution in [2.45, 2.75) is 37.8 Å². The summed E-state index contributed by atoms with van der Waals surface area (Å²) in [5.41, 5.74) is 4.98. The van der Waals surface area contributed by atoms with E-state index in [9.17, 15) is 4.79 Å². The van der Waals surface area contributed by atoms with Crippen molar-refractivity contribution in [3.8, 4) is 0 Å². The molecule has 5 nitrogen and oxygen atoms in total. The molecule has 31 heavy (non-hydrogen) atoms. The third-order valence-corrected chi connectivity index (χ3v) is 7.33. The minimum absolute atomic E-state index is 0.0616. The van der Waals surface area contributed by atoms with Gasteiger partial charge in [0.2, 0.25) is 0 Å². The Labute approximate surface area is 186 Å². The summed E-state index contributed by atoms with van der Waals surface area (Å²) in [5.74, 6) is 0.0616. The number of benzene rings is 2. The fraction of sp³-hybridized carbons (Fsp3) is 0.500. The van der Waals surface area contributed by atoms with Crippen LogP contribution in [0.4, 0.5) is 5.69 Å². The summed E-state index contributed by atoms with van der Waals surface area (Å²) < 4.78 is 0. The molecule has 1 N–H and O–H groups in total. The molecule has 0 unspecified atom stereocenters. The van der Waals surface area contributed by atoms with Crippen LogP contribution < -0.4 is 10.2 Å². The lowest BCUT2D eigenvalue weighted by atomic mass is 10.0. The summed E-state index contributed by atoms with van der Waals surface area (Å²) in [6.07, 6.45) is 4.51. The van der Waals surface area contributed by atoms with Crippen LogP contribution in [0, 0.1) is 0 Å². The number of piperazine rings is 1. The van der Waals surface area contributed by atoms with Crippen molar-refractivity contribution in [2.24, 2.45) is 0 Å². The highest BCUT2D eigenvalue weighted by atomic mass is 16.1. The van der Waals surface area contributed by atoms with Gasteiger partial charge in [-0.25, -0.2) is 0 Å². The second-order valence-corrected chi connectivity index (χ2v) is 9.48. The van der Waals surface area contributed by atoms with Gasteiger partial charge in [-0.1, -0.05) is 24.3 Å². The van der Waals surface area contributed by atoms with Gasteiger partial charge in [-0.15, -0.1) is 0 Å². The lowest BCUT2D eigenvalue weighted by Crippen LogP contribution is -2.51. The zero-order chi connectivity index (χ0) is 21.2. The van der Waals surface area contributed by atoms with Gasteiger partial charge in [0.05, 0.1) is 0 Å². The Hall–Kier alpha value is -2.37. The van der Waals surface area contributed by atoms with Crippen LogP contribution in [-0.2, 0) is 12.8 Å². The Morgan fingerprint density at radius 2 is 1.58 bits per heavy atom. The van der Waals surface area contributed by atoms with Gasteiger partial charge in [0.25, 0.3) is 5.91 Å². The molecule has 2 heterocycles. The lowest BCUT2D eigenvalue weighted by molar-refractivity contribution is 0.0876. The standard InChI is InChI=1S/C26H34N4O/c1-28-13-15-29(16-14-28)24-10-8-20(9-11-24)26(31)27-23-7-4-12-30(19-23)25-17-21-5-2-3-6-22(21)18-25/h2-3,5-6,8-11,23,25H,4,7,12-19H2,1H3,(H,27,31)/t23-/m1/s1. The van der Waals surface area contributed by atoms with E-state index in [1.165, 1.54) is 16.8 Å². The first-order valence-electron chi connectivity index (χ1n) is 11.8. The van der Waals surface area contributed by atoms with Crippen molar-refractivity contribution in [3.63, 3.8) is 0 Å². The van der Waals surface area contributed by atoms with Gasteiger partial charge in [0, 0.05) is 56.1 Å². The van der Waals surface area contributed by atoms with E-state index >= 15 is 0 Å². The number of likely N-dealkylation sites (N-methyl/N-ethyl adjacent to an activating group) is 1. The molecule has 0 bridgehead atoms. The van der Waals surface area contributed by atoms with E-state index in [1.54, 1.807) is 0 Å².